The average molecular weight is 199 g/mol. The minimum atomic E-state index is 0.159. The lowest BCUT2D eigenvalue weighted by Crippen LogP contribution is -2.26. The Balaban J connectivity index is 2.48. The van der Waals surface area contributed by atoms with Gasteiger partial charge in [0.2, 0.25) is 5.89 Å². The molecule has 0 aliphatic carbocycles. The van der Waals surface area contributed by atoms with Gasteiger partial charge in [-0.25, -0.2) is 0 Å². The topological polar surface area (TPSA) is 62.4 Å². The fourth-order valence-corrected chi connectivity index (χ4v) is 1.19. The number of hydrogen-bond acceptors (Lipinski definition) is 5. The van der Waals surface area contributed by atoms with Gasteiger partial charge in [-0.15, -0.1) is 0 Å². The van der Waals surface area contributed by atoms with E-state index in [1.807, 2.05) is 13.8 Å². The van der Waals surface area contributed by atoms with Gasteiger partial charge in [0.05, 0.1) is 13.2 Å². The van der Waals surface area contributed by atoms with Crippen LogP contribution < -0.4 is 0 Å². The number of aliphatic hydroxyl groups is 1. The molecule has 5 heteroatoms. The Morgan fingerprint density at radius 1 is 1.43 bits per heavy atom. The average Bonchev–Trinajstić information content (AvgIpc) is 2.65. The Hall–Kier alpha value is -0.940. The maximum Gasteiger partial charge on any atom is 0.226 e. The highest BCUT2D eigenvalue weighted by Crippen LogP contribution is 2.01. The summed E-state index contributed by atoms with van der Waals surface area (Å²) in [7, 11) is 0. The lowest BCUT2D eigenvalue weighted by atomic mass is 10.4. The summed E-state index contributed by atoms with van der Waals surface area (Å²) in [5.41, 5.74) is 0. The molecule has 1 heterocycles. The first-order chi connectivity index (χ1) is 6.80. The van der Waals surface area contributed by atoms with Crippen LogP contribution in [0.1, 0.15) is 25.6 Å². The van der Waals surface area contributed by atoms with Crippen LogP contribution in [0.2, 0.25) is 0 Å². The molecule has 0 aromatic carbocycles. The van der Waals surface area contributed by atoms with Crippen LogP contribution in [0.4, 0.5) is 0 Å². The second-order valence-electron chi connectivity index (χ2n) is 3.05. The van der Waals surface area contributed by atoms with Gasteiger partial charge in [-0.1, -0.05) is 19.0 Å². The number of aryl methyl sites for hydroxylation is 1. The molecule has 0 radical (unpaired) electrons. The summed E-state index contributed by atoms with van der Waals surface area (Å²) < 4.78 is 4.99. The SMILES string of the molecule is CCc1nc(CN(CC)CCO)no1. The summed E-state index contributed by atoms with van der Waals surface area (Å²) >= 11 is 0. The number of rotatable bonds is 6. The standard InChI is InChI=1S/C9H17N3O2/c1-3-9-10-8(11-14-9)7-12(4-2)5-6-13/h13H,3-7H2,1-2H3. The van der Waals surface area contributed by atoms with Crippen molar-refractivity contribution < 1.29 is 9.63 Å². The van der Waals surface area contributed by atoms with E-state index in [2.05, 4.69) is 15.0 Å². The van der Waals surface area contributed by atoms with Crippen LogP contribution in [0.15, 0.2) is 4.52 Å². The van der Waals surface area contributed by atoms with Crippen molar-refractivity contribution in [3.63, 3.8) is 0 Å². The summed E-state index contributed by atoms with van der Waals surface area (Å²) in [6.45, 7) is 6.33. The molecule has 0 saturated heterocycles. The molecule has 14 heavy (non-hydrogen) atoms. The Morgan fingerprint density at radius 3 is 2.71 bits per heavy atom. The van der Waals surface area contributed by atoms with Crippen LogP contribution in [0.25, 0.3) is 0 Å². The third-order valence-corrected chi connectivity index (χ3v) is 2.04. The van der Waals surface area contributed by atoms with Gasteiger partial charge in [-0.3, -0.25) is 4.90 Å². The molecule has 1 N–H and O–H groups in total. The smallest absolute Gasteiger partial charge is 0.226 e. The first-order valence-corrected chi connectivity index (χ1v) is 4.94. The van der Waals surface area contributed by atoms with Crippen LogP contribution in [0.5, 0.6) is 0 Å². The van der Waals surface area contributed by atoms with Crippen molar-refractivity contribution in [1.29, 1.82) is 0 Å². The van der Waals surface area contributed by atoms with Gasteiger partial charge < -0.3 is 9.63 Å². The van der Waals surface area contributed by atoms with Gasteiger partial charge in [-0.05, 0) is 6.54 Å². The van der Waals surface area contributed by atoms with Crippen molar-refractivity contribution in [3.05, 3.63) is 11.7 Å². The largest absolute Gasteiger partial charge is 0.395 e. The van der Waals surface area contributed by atoms with Gasteiger partial charge in [0, 0.05) is 13.0 Å². The van der Waals surface area contributed by atoms with E-state index < -0.39 is 0 Å². The molecular formula is C9H17N3O2. The molecule has 0 spiro atoms. The summed E-state index contributed by atoms with van der Waals surface area (Å²) in [6.07, 6.45) is 0.763. The van der Waals surface area contributed by atoms with E-state index >= 15 is 0 Å². The molecule has 0 aliphatic heterocycles. The summed E-state index contributed by atoms with van der Waals surface area (Å²) in [5.74, 6) is 1.36. The molecule has 0 aliphatic rings. The number of hydrogen-bond donors (Lipinski definition) is 1. The van der Waals surface area contributed by atoms with Crippen LogP contribution in [-0.2, 0) is 13.0 Å². The van der Waals surface area contributed by atoms with Crippen LogP contribution in [-0.4, -0.2) is 39.8 Å². The zero-order valence-corrected chi connectivity index (χ0v) is 8.73. The predicted molar refractivity (Wildman–Crippen MR) is 51.7 cm³/mol. The van der Waals surface area contributed by atoms with E-state index in [1.165, 1.54) is 0 Å². The number of nitrogens with zero attached hydrogens (tertiary/aromatic N) is 3. The van der Waals surface area contributed by atoms with E-state index in [0.717, 1.165) is 13.0 Å². The predicted octanol–water partition coefficient (Wildman–Crippen LogP) is 0.446. The highest BCUT2D eigenvalue weighted by atomic mass is 16.5. The van der Waals surface area contributed by atoms with Gasteiger partial charge >= 0.3 is 0 Å². The van der Waals surface area contributed by atoms with Gasteiger partial charge in [0.1, 0.15) is 0 Å². The first-order valence-electron chi connectivity index (χ1n) is 4.94. The zero-order valence-electron chi connectivity index (χ0n) is 8.73. The molecule has 1 rings (SSSR count). The molecule has 0 amide bonds. The number of aromatic nitrogens is 2. The molecule has 80 valence electrons. The van der Waals surface area contributed by atoms with Crippen molar-refractivity contribution in [2.75, 3.05) is 19.7 Å². The van der Waals surface area contributed by atoms with Crippen LogP contribution in [0.3, 0.4) is 0 Å². The lowest BCUT2D eigenvalue weighted by molar-refractivity contribution is 0.192. The summed E-state index contributed by atoms with van der Waals surface area (Å²) in [5, 5.41) is 12.6. The highest BCUT2D eigenvalue weighted by Gasteiger charge is 2.08. The Labute approximate surface area is 83.7 Å². The number of aliphatic hydroxyl groups excluding tert-OH is 1. The van der Waals surface area contributed by atoms with Crippen molar-refractivity contribution in [2.45, 2.75) is 26.8 Å². The molecule has 1 aromatic rings. The van der Waals surface area contributed by atoms with E-state index in [1.54, 1.807) is 0 Å². The fraction of sp³-hybridized carbons (Fsp3) is 0.778. The third-order valence-electron chi connectivity index (χ3n) is 2.04. The molecule has 0 fully saturated rings. The molecule has 0 saturated carbocycles. The Morgan fingerprint density at radius 2 is 2.21 bits per heavy atom. The second-order valence-corrected chi connectivity index (χ2v) is 3.05. The maximum absolute atomic E-state index is 8.79. The summed E-state index contributed by atoms with van der Waals surface area (Å²) in [4.78, 5) is 6.26. The van der Waals surface area contributed by atoms with Crippen molar-refractivity contribution in [1.82, 2.24) is 15.0 Å². The number of likely N-dealkylation sites (N-methyl/N-ethyl adjacent to an activating group) is 1. The van der Waals surface area contributed by atoms with Gasteiger partial charge in [-0.2, -0.15) is 4.98 Å². The van der Waals surface area contributed by atoms with E-state index in [0.29, 0.717) is 24.8 Å². The quantitative estimate of drug-likeness (QED) is 0.720. The van der Waals surface area contributed by atoms with Gasteiger partial charge in [0.25, 0.3) is 0 Å². The minimum Gasteiger partial charge on any atom is -0.395 e. The van der Waals surface area contributed by atoms with Crippen LogP contribution in [0, 0.1) is 0 Å². The normalized spacial score (nSPS) is 11.1. The molecule has 0 atom stereocenters. The maximum atomic E-state index is 8.79. The van der Waals surface area contributed by atoms with Gasteiger partial charge in [0.15, 0.2) is 5.82 Å². The van der Waals surface area contributed by atoms with Crippen molar-refractivity contribution in [2.24, 2.45) is 0 Å². The van der Waals surface area contributed by atoms with Crippen molar-refractivity contribution in [3.8, 4) is 0 Å². The fourth-order valence-electron chi connectivity index (χ4n) is 1.19. The van der Waals surface area contributed by atoms with E-state index in [-0.39, 0.29) is 6.61 Å². The van der Waals surface area contributed by atoms with E-state index in [4.69, 9.17) is 9.63 Å². The monoisotopic (exact) mass is 199 g/mol. The first kappa shape index (κ1) is 11.1. The Bertz CT molecular complexity index is 262. The molecule has 0 bridgehead atoms. The highest BCUT2D eigenvalue weighted by molar-refractivity contribution is 4.85. The lowest BCUT2D eigenvalue weighted by Gasteiger charge is -2.16. The van der Waals surface area contributed by atoms with Crippen molar-refractivity contribution >= 4 is 0 Å². The molecular weight excluding hydrogens is 182 g/mol. The Kier molecular flexibility index (Phi) is 4.55. The van der Waals surface area contributed by atoms with E-state index in [9.17, 15) is 0 Å². The molecule has 5 nitrogen and oxygen atoms in total. The second kappa shape index (κ2) is 5.72. The minimum absolute atomic E-state index is 0.159. The molecule has 0 unspecified atom stereocenters. The van der Waals surface area contributed by atoms with Crippen LogP contribution >= 0.6 is 0 Å². The third kappa shape index (κ3) is 3.08. The molecule has 1 aromatic heterocycles. The summed E-state index contributed by atoms with van der Waals surface area (Å²) in [6, 6.07) is 0. The zero-order chi connectivity index (χ0) is 10.4.